The van der Waals surface area contributed by atoms with E-state index in [1.165, 1.54) is 0 Å². The van der Waals surface area contributed by atoms with Gasteiger partial charge in [0.1, 0.15) is 31.1 Å². The van der Waals surface area contributed by atoms with Crippen molar-refractivity contribution in [2.75, 3.05) is 48.2 Å². The van der Waals surface area contributed by atoms with Crippen LogP contribution in [0.3, 0.4) is 0 Å². The third kappa shape index (κ3) is 10.3. The molecule has 1 saturated heterocycles. The largest absolute Gasteiger partial charge is 0.493 e. The second-order valence-electron chi connectivity index (χ2n) is 14.1. The minimum atomic E-state index is -0.727. The normalized spacial score (nSPS) is 16.9. The second-order valence-corrected chi connectivity index (χ2v) is 14.1. The Morgan fingerprint density at radius 2 is 1.42 bits per heavy atom. The van der Waals surface area contributed by atoms with E-state index in [0.717, 1.165) is 61.6 Å². The first-order valence-electron chi connectivity index (χ1n) is 19.4. The summed E-state index contributed by atoms with van der Waals surface area (Å²) in [4.78, 5) is 31.3. The maximum atomic E-state index is 15.0. The zero-order chi connectivity index (χ0) is 39.2. The van der Waals surface area contributed by atoms with Gasteiger partial charge in [-0.25, -0.2) is 4.79 Å². The molecule has 0 spiro atoms. The molecule has 0 bridgehead atoms. The van der Waals surface area contributed by atoms with Crippen LogP contribution in [-0.2, 0) is 20.7 Å². The van der Waals surface area contributed by atoms with Gasteiger partial charge in [0.25, 0.3) is 0 Å². The predicted molar refractivity (Wildman–Crippen MR) is 213 cm³/mol. The van der Waals surface area contributed by atoms with Crippen molar-refractivity contribution >= 4 is 11.9 Å². The average molecular weight is 756 g/mol. The molecule has 1 saturated carbocycles. The third-order valence-corrected chi connectivity index (χ3v) is 10.6. The number of piperidine rings is 1. The molecular weight excluding hydrogens is 698 g/mol. The molecule has 0 aromatic heterocycles. The van der Waals surface area contributed by atoms with Gasteiger partial charge in [0.2, 0.25) is 11.7 Å². The highest BCUT2D eigenvalue weighted by molar-refractivity contribution is 5.89. The van der Waals surface area contributed by atoms with Crippen molar-refractivity contribution in [2.24, 2.45) is 5.92 Å². The number of carbonyl (C=O) groups excluding carboxylic acids is 2. The van der Waals surface area contributed by atoms with Crippen LogP contribution < -0.4 is 28.4 Å². The van der Waals surface area contributed by atoms with Crippen LogP contribution in [0.2, 0.25) is 0 Å². The molecule has 10 heteroatoms. The van der Waals surface area contributed by atoms with Gasteiger partial charge < -0.3 is 38.1 Å². The maximum absolute atomic E-state index is 15.0. The summed E-state index contributed by atoms with van der Waals surface area (Å²) in [5.41, 5.74) is 2.61. The Hall–Kier alpha value is -5.12. The van der Waals surface area contributed by atoms with E-state index in [4.69, 9.17) is 33.2 Å². The van der Waals surface area contributed by atoms with Crippen molar-refractivity contribution in [3.63, 3.8) is 0 Å². The summed E-state index contributed by atoms with van der Waals surface area (Å²) in [5, 5.41) is 0. The number of aryl methyl sites for hydroxylation is 1. The van der Waals surface area contributed by atoms with Gasteiger partial charge in [0.15, 0.2) is 23.0 Å². The molecule has 0 radical (unpaired) electrons. The Balaban J connectivity index is 1.45. The number of hydrogen-bond acceptors (Lipinski definition) is 9. The van der Waals surface area contributed by atoms with E-state index in [9.17, 15) is 4.79 Å². The quantitative estimate of drug-likeness (QED) is 0.0878. The summed E-state index contributed by atoms with van der Waals surface area (Å²) in [5.74, 6) is 2.48. The molecule has 296 valence electrons. The molecule has 1 heterocycles. The molecule has 2 aliphatic rings. The van der Waals surface area contributed by atoms with Crippen molar-refractivity contribution in [1.82, 2.24) is 4.90 Å². The van der Waals surface area contributed by atoms with Gasteiger partial charge in [-0.05, 0) is 104 Å². The van der Waals surface area contributed by atoms with E-state index in [2.05, 4.69) is 13.2 Å². The van der Waals surface area contributed by atoms with E-state index < -0.39 is 24.0 Å². The number of nitrogens with zero attached hydrogens (tertiary/aromatic N) is 1. The van der Waals surface area contributed by atoms with Gasteiger partial charge in [-0.15, -0.1) is 0 Å². The van der Waals surface area contributed by atoms with Crippen LogP contribution in [0.25, 0.3) is 0 Å². The topological polar surface area (TPSA) is 102 Å². The molecule has 1 aliphatic carbocycles. The van der Waals surface area contributed by atoms with Crippen molar-refractivity contribution in [3.05, 3.63) is 96.6 Å². The fourth-order valence-electron chi connectivity index (χ4n) is 7.87. The lowest BCUT2D eigenvalue weighted by molar-refractivity contribution is -0.163. The van der Waals surface area contributed by atoms with Crippen LogP contribution >= 0.6 is 0 Å². The summed E-state index contributed by atoms with van der Waals surface area (Å²) in [6.45, 7) is 8.62. The number of likely N-dealkylation sites (tertiary alicyclic amines) is 1. The average Bonchev–Trinajstić information content (AvgIpc) is 3.23. The van der Waals surface area contributed by atoms with Gasteiger partial charge in [-0.2, -0.15) is 0 Å². The summed E-state index contributed by atoms with van der Waals surface area (Å²) < 4.78 is 40.8. The monoisotopic (exact) mass is 755 g/mol. The van der Waals surface area contributed by atoms with Crippen LogP contribution in [0.15, 0.2) is 79.9 Å². The molecular formula is C45H57NO9. The molecule has 5 rings (SSSR count). The number of carbonyl (C=O) groups is 2. The standard InChI is InChI=1S/C45H57NO9/c1-7-25-53-35-18-14-17-33(28-35)37(22-20-31-21-23-38(49-3)39(27-31)50-4)55-45(48)36-19-12-13-24-46(36)44(47)42(32-15-10-9-11-16-32)34-29-40(51-5)43(54-26-8-2)41(30-34)52-6/h7-8,14,17-18,21,23,27-30,32,36-37,42H,1-2,9-13,15-16,19-20,22,24-26H2,3-6H3/t36-,37?,42?/m1/s1. The number of rotatable bonds is 19. The molecule has 2 unspecified atom stereocenters. The van der Waals surface area contributed by atoms with E-state index >= 15 is 4.79 Å². The lowest BCUT2D eigenvalue weighted by atomic mass is 9.75. The molecule has 1 amide bonds. The minimum Gasteiger partial charge on any atom is -0.493 e. The molecule has 2 fully saturated rings. The van der Waals surface area contributed by atoms with Crippen LogP contribution in [0.4, 0.5) is 0 Å². The number of methoxy groups -OCH3 is 4. The Kier molecular flexibility index (Phi) is 15.3. The smallest absolute Gasteiger partial charge is 0.329 e. The minimum absolute atomic E-state index is 0.0703. The van der Waals surface area contributed by atoms with E-state index in [1.807, 2.05) is 54.6 Å². The summed E-state index contributed by atoms with van der Waals surface area (Å²) in [6.07, 6.45) is 11.1. The fraction of sp³-hybridized carbons (Fsp3) is 0.467. The van der Waals surface area contributed by atoms with Gasteiger partial charge in [0, 0.05) is 6.54 Å². The van der Waals surface area contributed by atoms with E-state index in [-0.39, 0.29) is 18.4 Å². The van der Waals surface area contributed by atoms with Crippen molar-refractivity contribution in [1.29, 1.82) is 0 Å². The van der Waals surface area contributed by atoms with Crippen molar-refractivity contribution in [3.8, 4) is 34.5 Å². The molecule has 10 nitrogen and oxygen atoms in total. The molecule has 0 N–H and O–H groups in total. The third-order valence-electron chi connectivity index (χ3n) is 10.6. The zero-order valence-corrected chi connectivity index (χ0v) is 32.9. The predicted octanol–water partition coefficient (Wildman–Crippen LogP) is 8.81. The highest BCUT2D eigenvalue weighted by atomic mass is 16.5. The van der Waals surface area contributed by atoms with Gasteiger partial charge in [-0.1, -0.05) is 62.8 Å². The van der Waals surface area contributed by atoms with Gasteiger partial charge >= 0.3 is 5.97 Å². The van der Waals surface area contributed by atoms with Crippen LogP contribution in [0, 0.1) is 5.92 Å². The molecule has 3 aromatic rings. The number of hydrogen-bond donors (Lipinski definition) is 0. The Labute approximate surface area is 326 Å². The number of ether oxygens (including phenoxy) is 7. The van der Waals surface area contributed by atoms with Crippen LogP contribution in [0.5, 0.6) is 34.5 Å². The van der Waals surface area contributed by atoms with Crippen molar-refractivity contribution in [2.45, 2.75) is 82.3 Å². The zero-order valence-electron chi connectivity index (χ0n) is 32.9. The molecule has 3 atom stereocenters. The first-order chi connectivity index (χ1) is 26.8. The molecule has 1 aliphatic heterocycles. The van der Waals surface area contributed by atoms with E-state index in [0.29, 0.717) is 66.9 Å². The lowest BCUT2D eigenvalue weighted by Gasteiger charge is -2.40. The fourth-order valence-corrected chi connectivity index (χ4v) is 7.87. The lowest BCUT2D eigenvalue weighted by Crippen LogP contribution is -2.51. The first kappa shape index (κ1) is 41.1. The highest BCUT2D eigenvalue weighted by Gasteiger charge is 2.41. The first-order valence-corrected chi connectivity index (χ1v) is 19.4. The number of amides is 1. The van der Waals surface area contributed by atoms with Crippen LogP contribution in [0.1, 0.15) is 86.5 Å². The summed E-state index contributed by atoms with van der Waals surface area (Å²) in [6, 6.07) is 16.5. The van der Waals surface area contributed by atoms with Crippen LogP contribution in [-0.4, -0.2) is 71.0 Å². The highest BCUT2D eigenvalue weighted by Crippen LogP contribution is 2.45. The summed E-state index contributed by atoms with van der Waals surface area (Å²) in [7, 11) is 6.37. The molecule has 55 heavy (non-hydrogen) atoms. The van der Waals surface area contributed by atoms with Gasteiger partial charge in [0.05, 0.1) is 34.4 Å². The Morgan fingerprint density at radius 3 is 2.09 bits per heavy atom. The number of benzene rings is 3. The second kappa shape index (κ2) is 20.5. The number of esters is 1. The maximum Gasteiger partial charge on any atom is 0.329 e. The van der Waals surface area contributed by atoms with Gasteiger partial charge in [-0.3, -0.25) is 4.79 Å². The Morgan fingerprint density at radius 1 is 0.745 bits per heavy atom. The van der Waals surface area contributed by atoms with Crippen molar-refractivity contribution < 1.29 is 42.7 Å². The molecule has 3 aromatic carbocycles. The SMILES string of the molecule is C=CCOc1cccc(C(CCc2ccc(OC)c(OC)c2)OC(=O)[C@H]2CCCCN2C(=O)C(c2cc(OC)c(OCC=C)c(OC)c2)C2CCCCC2)c1. The van der Waals surface area contributed by atoms with E-state index in [1.54, 1.807) is 45.5 Å². The summed E-state index contributed by atoms with van der Waals surface area (Å²) >= 11 is 0. The Bertz CT molecular complexity index is 1720.